The van der Waals surface area contributed by atoms with E-state index in [1.807, 2.05) is 60.9 Å². The first-order valence-corrected chi connectivity index (χ1v) is 13.8. The Labute approximate surface area is 229 Å². The van der Waals surface area contributed by atoms with Gasteiger partial charge in [-0.25, -0.2) is 0 Å². The van der Waals surface area contributed by atoms with E-state index in [-0.39, 0.29) is 29.4 Å². The fourth-order valence-corrected chi connectivity index (χ4v) is 5.87. The third-order valence-corrected chi connectivity index (χ3v) is 8.02. The highest BCUT2D eigenvalue weighted by Gasteiger charge is 2.41. The number of rotatable bonds is 5. The van der Waals surface area contributed by atoms with Crippen molar-refractivity contribution in [2.75, 3.05) is 11.6 Å². The molecule has 1 heterocycles. The van der Waals surface area contributed by atoms with E-state index in [0.29, 0.717) is 17.7 Å². The van der Waals surface area contributed by atoms with Gasteiger partial charge >= 0.3 is 6.18 Å². The SMILES string of the molecule is CSc1ccc(C2C(C(=O)Nc3ccccc3C(F)(F)F)=C(C)NC3=C2C(=O)CC(c2ccccc2)C3)cc1. The minimum atomic E-state index is -4.63. The third kappa shape index (κ3) is 5.39. The summed E-state index contributed by atoms with van der Waals surface area (Å²) in [6.07, 6.45) is -1.80. The van der Waals surface area contributed by atoms with Crippen molar-refractivity contribution in [3.05, 3.63) is 118 Å². The molecule has 0 spiro atoms. The average Bonchev–Trinajstić information content (AvgIpc) is 2.92. The molecule has 0 aromatic heterocycles. The first kappa shape index (κ1) is 26.8. The van der Waals surface area contributed by atoms with Gasteiger partial charge < -0.3 is 10.6 Å². The number of carbonyl (C=O) groups is 2. The zero-order valence-corrected chi connectivity index (χ0v) is 22.2. The fourth-order valence-electron chi connectivity index (χ4n) is 5.46. The molecule has 0 radical (unpaired) electrons. The van der Waals surface area contributed by atoms with Crippen LogP contribution in [0.1, 0.15) is 48.3 Å². The normalized spacial score (nSPS) is 19.5. The Morgan fingerprint density at radius 2 is 1.59 bits per heavy atom. The predicted octanol–water partition coefficient (Wildman–Crippen LogP) is 7.43. The van der Waals surface area contributed by atoms with Crippen molar-refractivity contribution >= 4 is 29.1 Å². The number of alkyl halides is 3. The zero-order valence-electron chi connectivity index (χ0n) is 21.4. The van der Waals surface area contributed by atoms with Gasteiger partial charge in [-0.3, -0.25) is 9.59 Å². The summed E-state index contributed by atoms with van der Waals surface area (Å²) in [6, 6.07) is 22.3. The van der Waals surface area contributed by atoms with E-state index in [1.54, 1.807) is 18.7 Å². The summed E-state index contributed by atoms with van der Waals surface area (Å²) in [4.78, 5) is 28.5. The van der Waals surface area contributed by atoms with Crippen LogP contribution in [0.25, 0.3) is 0 Å². The molecule has 200 valence electrons. The van der Waals surface area contributed by atoms with Gasteiger partial charge in [-0.05, 0) is 60.9 Å². The van der Waals surface area contributed by atoms with Crippen LogP contribution in [0.4, 0.5) is 18.9 Å². The Balaban J connectivity index is 1.57. The Hall–Kier alpha value is -3.78. The number of Topliss-reactive ketones (excluding diaryl/α,β-unsaturated/α-hetero) is 1. The van der Waals surface area contributed by atoms with Gasteiger partial charge in [0.05, 0.1) is 11.3 Å². The molecule has 0 saturated carbocycles. The van der Waals surface area contributed by atoms with Crippen LogP contribution in [0.2, 0.25) is 0 Å². The number of amides is 1. The van der Waals surface area contributed by atoms with E-state index in [4.69, 9.17) is 0 Å². The molecule has 4 nitrogen and oxygen atoms in total. The Kier molecular flexibility index (Phi) is 7.40. The van der Waals surface area contributed by atoms with Crippen molar-refractivity contribution in [2.45, 2.75) is 42.7 Å². The number of carbonyl (C=O) groups excluding carboxylic acids is 2. The summed E-state index contributed by atoms with van der Waals surface area (Å²) in [5.41, 5.74) is 2.54. The number of anilines is 1. The van der Waals surface area contributed by atoms with E-state index in [1.165, 1.54) is 18.2 Å². The Bertz CT molecular complexity index is 1480. The predicted molar refractivity (Wildman–Crippen MR) is 147 cm³/mol. The molecule has 1 aliphatic carbocycles. The van der Waals surface area contributed by atoms with Gasteiger partial charge in [-0.2, -0.15) is 13.2 Å². The number of dihydropyridines is 1. The molecule has 2 atom stereocenters. The quantitative estimate of drug-likeness (QED) is 0.326. The van der Waals surface area contributed by atoms with Crippen LogP contribution in [-0.4, -0.2) is 17.9 Å². The maximum atomic E-state index is 13.7. The van der Waals surface area contributed by atoms with E-state index in [0.717, 1.165) is 27.8 Å². The van der Waals surface area contributed by atoms with Crippen molar-refractivity contribution in [2.24, 2.45) is 0 Å². The van der Waals surface area contributed by atoms with Gasteiger partial charge in [-0.15, -0.1) is 11.8 Å². The van der Waals surface area contributed by atoms with Gasteiger partial charge in [0.2, 0.25) is 0 Å². The largest absolute Gasteiger partial charge is 0.418 e. The van der Waals surface area contributed by atoms with Crippen molar-refractivity contribution in [3.63, 3.8) is 0 Å². The van der Waals surface area contributed by atoms with Crippen LogP contribution in [0.5, 0.6) is 0 Å². The molecule has 0 fully saturated rings. The first-order chi connectivity index (χ1) is 18.7. The molecule has 8 heteroatoms. The second-order valence-electron chi connectivity index (χ2n) is 9.70. The smallest absolute Gasteiger partial charge is 0.362 e. The summed E-state index contributed by atoms with van der Waals surface area (Å²) in [5, 5.41) is 5.77. The fraction of sp³-hybridized carbons (Fsp3) is 0.226. The lowest BCUT2D eigenvalue weighted by Crippen LogP contribution is -2.37. The molecular formula is C31H27F3N2O2S. The highest BCUT2D eigenvalue weighted by atomic mass is 32.2. The monoisotopic (exact) mass is 548 g/mol. The van der Waals surface area contributed by atoms with Gasteiger partial charge in [0.25, 0.3) is 5.91 Å². The third-order valence-electron chi connectivity index (χ3n) is 7.27. The molecule has 2 N–H and O–H groups in total. The molecule has 0 bridgehead atoms. The number of para-hydroxylation sites is 1. The molecule has 2 unspecified atom stereocenters. The summed E-state index contributed by atoms with van der Waals surface area (Å²) in [5.74, 6) is -1.48. The minimum Gasteiger partial charge on any atom is -0.362 e. The molecule has 3 aromatic carbocycles. The number of thioether (sulfide) groups is 1. The summed E-state index contributed by atoms with van der Waals surface area (Å²) >= 11 is 1.57. The number of hydrogen-bond donors (Lipinski definition) is 2. The standard InChI is InChI=1S/C31H27F3N2O2S/c1-18-27(30(38)36-24-11-7-6-10-23(24)31(32,33)34)28(20-12-14-22(39-2)15-13-20)29-25(35-18)16-21(17-26(29)37)19-8-4-3-5-9-19/h3-15,21,28,35H,16-17H2,1-2H3,(H,36,38). The number of ketones is 1. The van der Waals surface area contributed by atoms with Crippen molar-refractivity contribution in [3.8, 4) is 0 Å². The molecule has 1 amide bonds. The topological polar surface area (TPSA) is 58.2 Å². The molecule has 0 saturated heterocycles. The number of allylic oxidation sites excluding steroid dienone is 3. The van der Waals surface area contributed by atoms with Gasteiger partial charge in [-0.1, -0.05) is 54.6 Å². The lowest BCUT2D eigenvalue weighted by atomic mass is 9.71. The van der Waals surface area contributed by atoms with E-state index >= 15 is 0 Å². The van der Waals surface area contributed by atoms with Crippen molar-refractivity contribution in [1.29, 1.82) is 0 Å². The highest BCUT2D eigenvalue weighted by Crippen LogP contribution is 2.46. The van der Waals surface area contributed by atoms with Gasteiger partial charge in [0, 0.05) is 39.8 Å². The average molecular weight is 549 g/mol. The maximum Gasteiger partial charge on any atom is 0.418 e. The number of halogens is 3. The van der Waals surface area contributed by atoms with Crippen LogP contribution in [0, 0.1) is 0 Å². The first-order valence-electron chi connectivity index (χ1n) is 12.6. The zero-order chi connectivity index (χ0) is 27.7. The van der Waals surface area contributed by atoms with Crippen molar-refractivity contribution < 1.29 is 22.8 Å². The van der Waals surface area contributed by atoms with Crippen molar-refractivity contribution in [1.82, 2.24) is 5.32 Å². The minimum absolute atomic E-state index is 0.00805. The van der Waals surface area contributed by atoms with Crippen LogP contribution in [0.15, 0.2) is 106 Å². The lowest BCUT2D eigenvalue weighted by Gasteiger charge is -2.37. The van der Waals surface area contributed by atoms with Gasteiger partial charge in [0.1, 0.15) is 0 Å². The molecular weight excluding hydrogens is 521 g/mol. The number of nitrogens with one attached hydrogen (secondary N) is 2. The number of benzene rings is 3. The molecule has 39 heavy (non-hydrogen) atoms. The lowest BCUT2D eigenvalue weighted by molar-refractivity contribution is -0.137. The van der Waals surface area contributed by atoms with E-state index in [2.05, 4.69) is 10.6 Å². The van der Waals surface area contributed by atoms with Gasteiger partial charge in [0.15, 0.2) is 5.78 Å². The van der Waals surface area contributed by atoms with Crippen LogP contribution < -0.4 is 10.6 Å². The highest BCUT2D eigenvalue weighted by molar-refractivity contribution is 7.98. The molecule has 1 aliphatic heterocycles. The summed E-state index contributed by atoms with van der Waals surface area (Å²) < 4.78 is 41.0. The number of hydrogen-bond acceptors (Lipinski definition) is 4. The maximum absolute atomic E-state index is 13.7. The van der Waals surface area contributed by atoms with E-state index in [9.17, 15) is 22.8 Å². The summed E-state index contributed by atoms with van der Waals surface area (Å²) in [7, 11) is 0. The summed E-state index contributed by atoms with van der Waals surface area (Å²) in [6.45, 7) is 1.73. The van der Waals surface area contributed by atoms with Crippen LogP contribution >= 0.6 is 11.8 Å². The second-order valence-corrected chi connectivity index (χ2v) is 10.6. The van der Waals surface area contributed by atoms with Crippen LogP contribution in [0.3, 0.4) is 0 Å². The molecule has 5 rings (SSSR count). The molecule has 3 aromatic rings. The Morgan fingerprint density at radius 3 is 2.26 bits per heavy atom. The molecule has 2 aliphatic rings. The Morgan fingerprint density at radius 1 is 0.923 bits per heavy atom. The second kappa shape index (κ2) is 10.8. The van der Waals surface area contributed by atoms with E-state index < -0.39 is 23.6 Å². The van der Waals surface area contributed by atoms with Crippen LogP contribution in [-0.2, 0) is 15.8 Å².